The number of nitrogens with zero attached hydrogens (tertiary/aromatic N) is 1. The van der Waals surface area contributed by atoms with E-state index in [1.165, 1.54) is 6.07 Å². The molecule has 1 aromatic heterocycles. The summed E-state index contributed by atoms with van der Waals surface area (Å²) in [6, 6.07) is 2.88. The van der Waals surface area contributed by atoms with Crippen LogP contribution in [0.3, 0.4) is 0 Å². The highest BCUT2D eigenvalue weighted by molar-refractivity contribution is 5.09. The van der Waals surface area contributed by atoms with E-state index >= 15 is 0 Å². The van der Waals surface area contributed by atoms with E-state index in [9.17, 15) is 8.78 Å². The summed E-state index contributed by atoms with van der Waals surface area (Å²) in [5.74, 6) is -0.378. The first-order chi connectivity index (χ1) is 7.18. The van der Waals surface area contributed by atoms with Gasteiger partial charge in [-0.1, -0.05) is 0 Å². The molecule has 0 spiro atoms. The first-order valence-corrected chi connectivity index (χ1v) is 5.18. The lowest BCUT2D eigenvalue weighted by Gasteiger charge is -2.29. The molecule has 1 aromatic rings. The normalized spacial score (nSPS) is 20.1. The zero-order chi connectivity index (χ0) is 10.7. The van der Waals surface area contributed by atoms with Crippen molar-refractivity contribution in [3.63, 3.8) is 0 Å². The molecule has 1 fully saturated rings. The summed E-state index contributed by atoms with van der Waals surface area (Å²) in [5, 5.41) is 3.11. The molecule has 0 radical (unpaired) electrons. The Hall–Kier alpha value is -1.03. The predicted octanol–water partition coefficient (Wildman–Crippen LogP) is 1.85. The number of piperidine rings is 1. The van der Waals surface area contributed by atoms with E-state index in [-0.39, 0.29) is 12.2 Å². The summed E-state index contributed by atoms with van der Waals surface area (Å²) in [4.78, 5) is 3.88. The fourth-order valence-electron chi connectivity index (χ4n) is 1.89. The van der Waals surface area contributed by atoms with E-state index in [4.69, 9.17) is 0 Å². The fourth-order valence-corrected chi connectivity index (χ4v) is 1.89. The highest BCUT2D eigenvalue weighted by atomic mass is 19.1. The number of aromatic nitrogens is 1. The summed E-state index contributed by atoms with van der Waals surface area (Å²) in [6.07, 6.45) is 2.44. The number of pyridine rings is 1. The first-order valence-electron chi connectivity index (χ1n) is 5.18. The van der Waals surface area contributed by atoms with Crippen LogP contribution in [0.15, 0.2) is 18.3 Å². The van der Waals surface area contributed by atoms with E-state index < -0.39 is 5.67 Å². The molecular formula is C11H14F2N2. The van der Waals surface area contributed by atoms with Crippen molar-refractivity contribution in [3.05, 3.63) is 29.8 Å². The molecule has 2 rings (SSSR count). The second kappa shape index (κ2) is 4.23. The average molecular weight is 212 g/mol. The van der Waals surface area contributed by atoms with Gasteiger partial charge in [0.2, 0.25) is 0 Å². The van der Waals surface area contributed by atoms with Gasteiger partial charge in [-0.15, -0.1) is 0 Å². The lowest BCUT2D eigenvalue weighted by Crippen LogP contribution is -2.40. The number of hydrogen-bond donors (Lipinski definition) is 1. The Kier molecular flexibility index (Phi) is 2.95. The van der Waals surface area contributed by atoms with Gasteiger partial charge in [0.25, 0.3) is 0 Å². The van der Waals surface area contributed by atoms with Crippen molar-refractivity contribution >= 4 is 0 Å². The Balaban J connectivity index is 2.03. The van der Waals surface area contributed by atoms with Gasteiger partial charge in [-0.2, -0.15) is 0 Å². The van der Waals surface area contributed by atoms with E-state index in [0.717, 1.165) is 6.20 Å². The molecule has 1 N–H and O–H groups in total. The van der Waals surface area contributed by atoms with Crippen molar-refractivity contribution in [1.29, 1.82) is 0 Å². The minimum atomic E-state index is -1.17. The molecule has 2 heterocycles. The Labute approximate surface area is 87.7 Å². The van der Waals surface area contributed by atoms with E-state index in [1.54, 1.807) is 6.07 Å². The van der Waals surface area contributed by atoms with Crippen LogP contribution in [0.1, 0.15) is 18.5 Å². The van der Waals surface area contributed by atoms with E-state index in [2.05, 4.69) is 10.3 Å². The summed E-state index contributed by atoms with van der Waals surface area (Å²) >= 11 is 0. The molecule has 1 aliphatic heterocycles. The maximum atomic E-state index is 14.2. The molecule has 0 aromatic carbocycles. The van der Waals surface area contributed by atoms with Crippen LogP contribution >= 0.6 is 0 Å². The molecule has 0 atom stereocenters. The number of nitrogens with one attached hydrogen (secondary N) is 1. The molecule has 15 heavy (non-hydrogen) atoms. The lowest BCUT2D eigenvalue weighted by atomic mass is 9.89. The van der Waals surface area contributed by atoms with Gasteiger partial charge in [0, 0.05) is 12.1 Å². The molecule has 82 valence electrons. The number of halogens is 2. The largest absolute Gasteiger partial charge is 0.316 e. The Bertz CT molecular complexity index is 318. The van der Waals surface area contributed by atoms with Gasteiger partial charge in [-0.05, 0) is 38.1 Å². The molecule has 2 nitrogen and oxygen atoms in total. The topological polar surface area (TPSA) is 24.9 Å². The second-order valence-electron chi connectivity index (χ2n) is 4.05. The maximum absolute atomic E-state index is 14.2. The molecule has 1 aliphatic rings. The Morgan fingerprint density at radius 3 is 2.67 bits per heavy atom. The van der Waals surface area contributed by atoms with Gasteiger partial charge >= 0.3 is 0 Å². The van der Waals surface area contributed by atoms with Crippen LogP contribution in [0.2, 0.25) is 0 Å². The highest BCUT2D eigenvalue weighted by Crippen LogP contribution is 2.26. The quantitative estimate of drug-likeness (QED) is 0.809. The smallest absolute Gasteiger partial charge is 0.141 e. The molecule has 1 saturated heterocycles. The fraction of sp³-hybridized carbons (Fsp3) is 0.545. The SMILES string of the molecule is Fc1ccc(CC2(F)CCNCC2)nc1. The number of alkyl halides is 1. The van der Waals surface area contributed by atoms with Crippen LogP contribution in [-0.2, 0) is 6.42 Å². The van der Waals surface area contributed by atoms with E-state index in [1.807, 2.05) is 0 Å². The minimum Gasteiger partial charge on any atom is -0.316 e. The van der Waals surface area contributed by atoms with Crippen LogP contribution < -0.4 is 5.32 Å². The first kappa shape index (κ1) is 10.5. The Morgan fingerprint density at radius 2 is 2.07 bits per heavy atom. The summed E-state index contributed by atoms with van der Waals surface area (Å²) in [6.45, 7) is 1.41. The lowest BCUT2D eigenvalue weighted by molar-refractivity contribution is 0.115. The summed E-state index contributed by atoms with van der Waals surface area (Å²) in [7, 11) is 0. The van der Waals surface area contributed by atoms with Gasteiger partial charge in [-0.3, -0.25) is 4.98 Å². The van der Waals surface area contributed by atoms with Crippen LogP contribution in [0.4, 0.5) is 8.78 Å². The van der Waals surface area contributed by atoms with Crippen molar-refractivity contribution in [2.24, 2.45) is 0 Å². The maximum Gasteiger partial charge on any atom is 0.141 e. The van der Waals surface area contributed by atoms with Crippen molar-refractivity contribution in [2.75, 3.05) is 13.1 Å². The van der Waals surface area contributed by atoms with Gasteiger partial charge < -0.3 is 5.32 Å². The van der Waals surface area contributed by atoms with Crippen LogP contribution in [0, 0.1) is 5.82 Å². The van der Waals surface area contributed by atoms with Crippen molar-refractivity contribution in [2.45, 2.75) is 24.9 Å². The molecule has 4 heteroatoms. The molecule has 0 amide bonds. The second-order valence-corrected chi connectivity index (χ2v) is 4.05. The average Bonchev–Trinajstić information content (AvgIpc) is 2.22. The van der Waals surface area contributed by atoms with Crippen LogP contribution in [0.5, 0.6) is 0 Å². The van der Waals surface area contributed by atoms with Crippen molar-refractivity contribution in [1.82, 2.24) is 10.3 Å². The number of rotatable bonds is 2. The van der Waals surface area contributed by atoms with E-state index in [0.29, 0.717) is 31.6 Å². The number of hydrogen-bond acceptors (Lipinski definition) is 2. The summed E-state index contributed by atoms with van der Waals surface area (Å²) < 4.78 is 26.8. The monoisotopic (exact) mass is 212 g/mol. The highest BCUT2D eigenvalue weighted by Gasteiger charge is 2.32. The molecule has 0 saturated carbocycles. The molecule has 0 aliphatic carbocycles. The summed E-state index contributed by atoms with van der Waals surface area (Å²) in [5.41, 5.74) is -0.545. The van der Waals surface area contributed by atoms with Gasteiger partial charge in [-0.25, -0.2) is 8.78 Å². The standard InChI is InChI=1S/C11H14F2N2/c12-9-1-2-10(15-8-9)7-11(13)3-5-14-6-4-11/h1-2,8,14H,3-7H2. The van der Waals surface area contributed by atoms with Crippen LogP contribution in [0.25, 0.3) is 0 Å². The van der Waals surface area contributed by atoms with Crippen LogP contribution in [-0.4, -0.2) is 23.7 Å². The predicted molar refractivity (Wildman–Crippen MR) is 53.8 cm³/mol. The Morgan fingerprint density at radius 1 is 1.33 bits per heavy atom. The molecule has 0 unspecified atom stereocenters. The third-order valence-corrected chi connectivity index (χ3v) is 2.79. The van der Waals surface area contributed by atoms with Gasteiger partial charge in [0.05, 0.1) is 6.20 Å². The van der Waals surface area contributed by atoms with Gasteiger partial charge in [0.1, 0.15) is 11.5 Å². The van der Waals surface area contributed by atoms with Crippen molar-refractivity contribution < 1.29 is 8.78 Å². The zero-order valence-corrected chi connectivity index (χ0v) is 8.47. The minimum absolute atomic E-state index is 0.287. The van der Waals surface area contributed by atoms with Crippen molar-refractivity contribution in [3.8, 4) is 0 Å². The third-order valence-electron chi connectivity index (χ3n) is 2.79. The van der Waals surface area contributed by atoms with Gasteiger partial charge in [0.15, 0.2) is 0 Å². The third kappa shape index (κ3) is 2.72. The molecular weight excluding hydrogens is 198 g/mol. The molecule has 0 bridgehead atoms. The zero-order valence-electron chi connectivity index (χ0n) is 8.47.